The highest BCUT2D eigenvalue weighted by Gasteiger charge is 2.44. The molecule has 0 spiro atoms. The second-order valence-corrected chi connectivity index (χ2v) is 4.93. The molecule has 1 saturated heterocycles. The van der Waals surface area contributed by atoms with E-state index in [0.29, 0.717) is 0 Å². The van der Waals surface area contributed by atoms with Crippen LogP contribution in [0, 0.1) is 11.3 Å². The van der Waals surface area contributed by atoms with Crippen LogP contribution in [0.2, 0.25) is 0 Å². The van der Waals surface area contributed by atoms with Crippen molar-refractivity contribution in [2.45, 2.75) is 31.1 Å². The van der Waals surface area contributed by atoms with Crippen molar-refractivity contribution in [1.82, 2.24) is 0 Å². The molecule has 0 radical (unpaired) electrons. The summed E-state index contributed by atoms with van der Waals surface area (Å²) in [4.78, 5) is 2.43. The SMILES string of the molecule is N#CC1(c2ccc(N3CCCC3)cc2)CC1. The third-order valence-corrected chi connectivity index (χ3v) is 3.86. The van der Waals surface area contributed by atoms with E-state index in [0.717, 1.165) is 12.8 Å². The molecule has 1 aliphatic heterocycles. The molecule has 3 rings (SSSR count). The maximum atomic E-state index is 9.13. The van der Waals surface area contributed by atoms with E-state index in [4.69, 9.17) is 5.26 Å². The van der Waals surface area contributed by atoms with E-state index < -0.39 is 0 Å². The van der Waals surface area contributed by atoms with Gasteiger partial charge in [-0.2, -0.15) is 5.26 Å². The fourth-order valence-corrected chi connectivity index (χ4v) is 2.56. The van der Waals surface area contributed by atoms with Gasteiger partial charge < -0.3 is 4.90 Å². The van der Waals surface area contributed by atoms with Gasteiger partial charge >= 0.3 is 0 Å². The molecule has 16 heavy (non-hydrogen) atoms. The molecule has 1 aromatic rings. The first-order valence-electron chi connectivity index (χ1n) is 6.11. The van der Waals surface area contributed by atoms with E-state index in [1.54, 1.807) is 0 Å². The normalized spacial score (nSPS) is 21.8. The van der Waals surface area contributed by atoms with Crippen molar-refractivity contribution in [2.75, 3.05) is 18.0 Å². The topological polar surface area (TPSA) is 27.0 Å². The Labute approximate surface area is 96.5 Å². The summed E-state index contributed by atoms with van der Waals surface area (Å²) < 4.78 is 0. The maximum Gasteiger partial charge on any atom is 0.0823 e. The smallest absolute Gasteiger partial charge is 0.0823 e. The van der Waals surface area contributed by atoms with Crippen LogP contribution in [0.1, 0.15) is 31.2 Å². The lowest BCUT2D eigenvalue weighted by atomic mass is 9.97. The van der Waals surface area contributed by atoms with Gasteiger partial charge in [0.15, 0.2) is 0 Å². The minimum absolute atomic E-state index is 0.135. The summed E-state index contributed by atoms with van der Waals surface area (Å²) in [5, 5.41) is 9.13. The zero-order chi connectivity index (χ0) is 11.0. The lowest BCUT2D eigenvalue weighted by Crippen LogP contribution is -2.17. The second kappa shape index (κ2) is 3.52. The highest BCUT2D eigenvalue weighted by Crippen LogP contribution is 2.47. The zero-order valence-electron chi connectivity index (χ0n) is 9.45. The van der Waals surface area contributed by atoms with Crippen molar-refractivity contribution in [1.29, 1.82) is 5.26 Å². The van der Waals surface area contributed by atoms with E-state index in [9.17, 15) is 0 Å². The van der Waals surface area contributed by atoms with E-state index in [2.05, 4.69) is 35.2 Å². The van der Waals surface area contributed by atoms with Crippen LogP contribution < -0.4 is 4.90 Å². The Morgan fingerprint density at radius 2 is 1.69 bits per heavy atom. The molecule has 0 unspecified atom stereocenters. The Bertz CT molecular complexity index is 417. The number of hydrogen-bond donors (Lipinski definition) is 0. The molecule has 1 aromatic carbocycles. The number of rotatable bonds is 2. The molecule has 2 fully saturated rings. The molecule has 2 aliphatic rings. The van der Waals surface area contributed by atoms with Crippen LogP contribution in [0.15, 0.2) is 24.3 Å². The average Bonchev–Trinajstić information content (AvgIpc) is 2.96. The van der Waals surface area contributed by atoms with Gasteiger partial charge in [0.25, 0.3) is 0 Å². The Morgan fingerprint density at radius 3 is 2.19 bits per heavy atom. The van der Waals surface area contributed by atoms with Gasteiger partial charge in [-0.1, -0.05) is 12.1 Å². The third-order valence-electron chi connectivity index (χ3n) is 3.86. The number of nitrogens with zero attached hydrogens (tertiary/aromatic N) is 2. The van der Waals surface area contributed by atoms with Crippen LogP contribution in [0.25, 0.3) is 0 Å². The predicted molar refractivity (Wildman–Crippen MR) is 64.4 cm³/mol. The molecule has 0 atom stereocenters. The van der Waals surface area contributed by atoms with Crippen molar-refractivity contribution in [3.8, 4) is 6.07 Å². The summed E-state index contributed by atoms with van der Waals surface area (Å²) >= 11 is 0. The van der Waals surface area contributed by atoms with Crippen LogP contribution in [-0.2, 0) is 5.41 Å². The molecule has 82 valence electrons. The fourth-order valence-electron chi connectivity index (χ4n) is 2.56. The van der Waals surface area contributed by atoms with Gasteiger partial charge in [-0.25, -0.2) is 0 Å². The largest absolute Gasteiger partial charge is 0.372 e. The third kappa shape index (κ3) is 1.48. The molecule has 2 nitrogen and oxygen atoms in total. The van der Waals surface area contributed by atoms with Gasteiger partial charge in [0, 0.05) is 18.8 Å². The van der Waals surface area contributed by atoms with E-state index >= 15 is 0 Å². The molecular formula is C14H16N2. The van der Waals surface area contributed by atoms with Gasteiger partial charge in [-0.3, -0.25) is 0 Å². The monoisotopic (exact) mass is 212 g/mol. The summed E-state index contributed by atoms with van der Waals surface area (Å²) in [5.41, 5.74) is 2.39. The standard InChI is InChI=1S/C14H16N2/c15-11-14(7-8-14)12-3-5-13(6-4-12)16-9-1-2-10-16/h3-6H,1-2,7-10H2. The molecule has 1 heterocycles. The van der Waals surface area contributed by atoms with Crippen LogP contribution >= 0.6 is 0 Å². The Balaban J connectivity index is 1.83. The second-order valence-electron chi connectivity index (χ2n) is 4.93. The fraction of sp³-hybridized carbons (Fsp3) is 0.500. The zero-order valence-corrected chi connectivity index (χ0v) is 9.45. The molecule has 0 bridgehead atoms. The molecule has 1 saturated carbocycles. The Morgan fingerprint density at radius 1 is 1.06 bits per heavy atom. The summed E-state index contributed by atoms with van der Waals surface area (Å²) in [6.07, 6.45) is 4.69. The van der Waals surface area contributed by atoms with Crippen molar-refractivity contribution in [2.24, 2.45) is 0 Å². The summed E-state index contributed by atoms with van der Waals surface area (Å²) in [5.74, 6) is 0. The number of benzene rings is 1. The van der Waals surface area contributed by atoms with E-state index in [1.807, 2.05) is 0 Å². The van der Waals surface area contributed by atoms with Gasteiger partial charge in [0.2, 0.25) is 0 Å². The highest BCUT2D eigenvalue weighted by molar-refractivity contribution is 5.51. The van der Waals surface area contributed by atoms with Gasteiger partial charge in [-0.15, -0.1) is 0 Å². The van der Waals surface area contributed by atoms with Gasteiger partial charge in [0.05, 0.1) is 11.5 Å². The average molecular weight is 212 g/mol. The maximum absolute atomic E-state index is 9.13. The van der Waals surface area contributed by atoms with E-state index in [-0.39, 0.29) is 5.41 Å². The quantitative estimate of drug-likeness (QED) is 0.753. The minimum Gasteiger partial charge on any atom is -0.372 e. The van der Waals surface area contributed by atoms with Gasteiger partial charge in [-0.05, 0) is 43.4 Å². The van der Waals surface area contributed by atoms with Gasteiger partial charge in [0.1, 0.15) is 0 Å². The molecule has 2 heteroatoms. The minimum atomic E-state index is -0.135. The molecule has 0 N–H and O–H groups in total. The molecular weight excluding hydrogens is 196 g/mol. The summed E-state index contributed by atoms with van der Waals surface area (Å²) in [7, 11) is 0. The first-order chi connectivity index (χ1) is 7.84. The molecule has 1 aliphatic carbocycles. The Kier molecular flexibility index (Phi) is 2.14. The Hall–Kier alpha value is -1.49. The first kappa shape index (κ1) is 9.72. The van der Waals surface area contributed by atoms with Crippen molar-refractivity contribution in [3.63, 3.8) is 0 Å². The molecule has 0 aromatic heterocycles. The number of anilines is 1. The lowest BCUT2D eigenvalue weighted by Gasteiger charge is -2.18. The van der Waals surface area contributed by atoms with Crippen molar-refractivity contribution >= 4 is 5.69 Å². The summed E-state index contributed by atoms with van der Waals surface area (Å²) in [6.45, 7) is 2.37. The number of hydrogen-bond acceptors (Lipinski definition) is 2. The summed E-state index contributed by atoms with van der Waals surface area (Å²) in [6, 6.07) is 11.1. The van der Waals surface area contributed by atoms with Crippen LogP contribution in [-0.4, -0.2) is 13.1 Å². The predicted octanol–water partition coefficient (Wildman–Crippen LogP) is 2.84. The first-order valence-corrected chi connectivity index (χ1v) is 6.11. The van der Waals surface area contributed by atoms with Crippen LogP contribution in [0.3, 0.4) is 0 Å². The van der Waals surface area contributed by atoms with Crippen molar-refractivity contribution in [3.05, 3.63) is 29.8 Å². The highest BCUT2D eigenvalue weighted by atomic mass is 15.1. The number of nitriles is 1. The lowest BCUT2D eigenvalue weighted by molar-refractivity contribution is 0.904. The van der Waals surface area contributed by atoms with Crippen molar-refractivity contribution < 1.29 is 0 Å². The van der Waals surface area contributed by atoms with Crippen LogP contribution in [0.4, 0.5) is 5.69 Å². The van der Waals surface area contributed by atoms with E-state index in [1.165, 1.54) is 37.2 Å². The van der Waals surface area contributed by atoms with Crippen LogP contribution in [0.5, 0.6) is 0 Å². The molecule has 0 amide bonds.